The van der Waals surface area contributed by atoms with E-state index in [1.165, 1.54) is 12.1 Å². The number of nitrogens with one attached hydrogen (secondary N) is 1. The molecule has 1 aromatic heterocycles. The van der Waals surface area contributed by atoms with E-state index in [1.54, 1.807) is 6.07 Å². The number of rotatable bonds is 3. The Hall–Kier alpha value is -1.31. The molecule has 5 nitrogen and oxygen atoms in total. The predicted octanol–water partition coefficient (Wildman–Crippen LogP) is 2.17. The monoisotopic (exact) mass is 341 g/mol. The van der Waals surface area contributed by atoms with E-state index in [4.69, 9.17) is 9.26 Å². The van der Waals surface area contributed by atoms with Gasteiger partial charge in [0.2, 0.25) is 11.7 Å². The van der Waals surface area contributed by atoms with Crippen LogP contribution in [0.15, 0.2) is 27.2 Å². The molecule has 106 valence electrons. The molecule has 0 saturated carbocycles. The smallest absolute Gasteiger partial charge is 0.229 e. The minimum absolute atomic E-state index is 0.0382. The molecule has 0 radical (unpaired) electrons. The molecule has 1 fully saturated rings. The Morgan fingerprint density at radius 2 is 2.30 bits per heavy atom. The van der Waals surface area contributed by atoms with Crippen molar-refractivity contribution in [2.75, 3.05) is 19.7 Å². The van der Waals surface area contributed by atoms with Crippen molar-refractivity contribution in [2.24, 2.45) is 0 Å². The van der Waals surface area contributed by atoms with Crippen molar-refractivity contribution in [2.45, 2.75) is 12.5 Å². The lowest BCUT2D eigenvalue weighted by atomic mass is 10.2. The summed E-state index contributed by atoms with van der Waals surface area (Å²) in [5.41, 5.74) is 0.578. The molecule has 1 atom stereocenters. The highest BCUT2D eigenvalue weighted by molar-refractivity contribution is 9.10. The van der Waals surface area contributed by atoms with Crippen LogP contribution >= 0.6 is 15.9 Å². The molecule has 1 unspecified atom stereocenters. The van der Waals surface area contributed by atoms with Gasteiger partial charge in [-0.05, 0) is 18.2 Å². The topological polar surface area (TPSA) is 60.2 Å². The zero-order valence-corrected chi connectivity index (χ0v) is 12.2. The number of ether oxygens (including phenoxy) is 1. The maximum absolute atomic E-state index is 13.3. The predicted molar refractivity (Wildman–Crippen MR) is 73.7 cm³/mol. The molecule has 2 heterocycles. The third-order valence-electron chi connectivity index (χ3n) is 3.00. The Morgan fingerprint density at radius 3 is 3.05 bits per heavy atom. The van der Waals surface area contributed by atoms with Crippen molar-refractivity contribution >= 4 is 15.9 Å². The normalized spacial score (nSPS) is 19.2. The van der Waals surface area contributed by atoms with Crippen LogP contribution in [0.3, 0.4) is 0 Å². The summed E-state index contributed by atoms with van der Waals surface area (Å²) in [4.78, 5) is 4.28. The summed E-state index contributed by atoms with van der Waals surface area (Å²) in [6.45, 7) is 2.31. The van der Waals surface area contributed by atoms with Crippen LogP contribution in [0.2, 0.25) is 0 Å². The number of aromatic nitrogens is 2. The Morgan fingerprint density at radius 1 is 1.40 bits per heavy atom. The second kappa shape index (κ2) is 5.99. The molecule has 0 aliphatic carbocycles. The van der Waals surface area contributed by atoms with Gasteiger partial charge in [0.25, 0.3) is 0 Å². The Balaban J connectivity index is 1.75. The summed E-state index contributed by atoms with van der Waals surface area (Å²) in [7, 11) is 0. The van der Waals surface area contributed by atoms with Gasteiger partial charge in [-0.3, -0.25) is 0 Å². The van der Waals surface area contributed by atoms with Gasteiger partial charge in [-0.15, -0.1) is 0 Å². The molecular weight excluding hydrogens is 329 g/mol. The molecule has 1 saturated heterocycles. The van der Waals surface area contributed by atoms with Crippen LogP contribution in [0.25, 0.3) is 11.4 Å². The average Bonchev–Trinajstić information content (AvgIpc) is 2.87. The van der Waals surface area contributed by atoms with Crippen LogP contribution in [-0.4, -0.2) is 35.9 Å². The van der Waals surface area contributed by atoms with E-state index >= 15 is 0 Å². The highest BCUT2D eigenvalue weighted by Crippen LogP contribution is 2.22. The molecule has 1 aliphatic rings. The molecule has 1 aliphatic heterocycles. The number of morpholine rings is 1. The van der Waals surface area contributed by atoms with Gasteiger partial charge in [0.1, 0.15) is 5.82 Å². The summed E-state index contributed by atoms with van der Waals surface area (Å²) in [5, 5.41) is 7.12. The lowest BCUT2D eigenvalue weighted by molar-refractivity contribution is 0.0246. The number of hydrogen-bond donors (Lipinski definition) is 1. The largest absolute Gasteiger partial charge is 0.375 e. The van der Waals surface area contributed by atoms with Crippen LogP contribution in [-0.2, 0) is 11.2 Å². The van der Waals surface area contributed by atoms with Crippen molar-refractivity contribution in [3.8, 4) is 11.4 Å². The molecular formula is C13H13BrFN3O2. The Kier molecular flexibility index (Phi) is 4.09. The number of hydrogen-bond acceptors (Lipinski definition) is 5. The van der Waals surface area contributed by atoms with Gasteiger partial charge in [0.15, 0.2) is 0 Å². The van der Waals surface area contributed by atoms with Crippen molar-refractivity contribution in [1.29, 1.82) is 0 Å². The first-order valence-electron chi connectivity index (χ1n) is 6.32. The van der Waals surface area contributed by atoms with Gasteiger partial charge in [-0.2, -0.15) is 4.98 Å². The fourth-order valence-corrected chi connectivity index (χ4v) is 2.55. The number of halogens is 2. The maximum Gasteiger partial charge on any atom is 0.229 e. The molecule has 7 heteroatoms. The maximum atomic E-state index is 13.3. The highest BCUT2D eigenvalue weighted by Gasteiger charge is 2.18. The van der Waals surface area contributed by atoms with E-state index in [1.807, 2.05) is 0 Å². The van der Waals surface area contributed by atoms with Crippen LogP contribution < -0.4 is 5.32 Å². The second-order valence-electron chi connectivity index (χ2n) is 4.57. The third kappa shape index (κ3) is 3.23. The molecule has 0 bridgehead atoms. The third-order valence-corrected chi connectivity index (χ3v) is 3.45. The van der Waals surface area contributed by atoms with Gasteiger partial charge in [-0.25, -0.2) is 4.39 Å². The van der Waals surface area contributed by atoms with E-state index in [0.29, 0.717) is 34.8 Å². The zero-order valence-electron chi connectivity index (χ0n) is 10.6. The number of nitrogens with zero attached hydrogens (tertiary/aromatic N) is 2. The summed E-state index contributed by atoms with van der Waals surface area (Å²) in [5.74, 6) is 0.526. The molecule has 1 N–H and O–H groups in total. The lowest BCUT2D eigenvalue weighted by Crippen LogP contribution is -2.39. The zero-order chi connectivity index (χ0) is 13.9. The highest BCUT2D eigenvalue weighted by atomic mass is 79.9. The van der Waals surface area contributed by atoms with Crippen LogP contribution in [0.4, 0.5) is 4.39 Å². The average molecular weight is 342 g/mol. The second-order valence-corrected chi connectivity index (χ2v) is 5.49. The van der Waals surface area contributed by atoms with Crippen molar-refractivity contribution in [1.82, 2.24) is 15.5 Å². The van der Waals surface area contributed by atoms with Crippen molar-refractivity contribution < 1.29 is 13.7 Å². The van der Waals surface area contributed by atoms with Gasteiger partial charge in [0, 0.05) is 23.1 Å². The molecule has 1 aromatic carbocycles. The van der Waals surface area contributed by atoms with E-state index in [0.717, 1.165) is 13.1 Å². The van der Waals surface area contributed by atoms with Gasteiger partial charge >= 0.3 is 0 Å². The molecule has 0 spiro atoms. The number of benzene rings is 1. The fourth-order valence-electron chi connectivity index (χ4n) is 2.08. The summed E-state index contributed by atoms with van der Waals surface area (Å²) in [6.07, 6.45) is 0.590. The summed E-state index contributed by atoms with van der Waals surface area (Å²) in [6, 6.07) is 4.50. The molecule has 20 heavy (non-hydrogen) atoms. The van der Waals surface area contributed by atoms with E-state index < -0.39 is 0 Å². The van der Waals surface area contributed by atoms with E-state index in [9.17, 15) is 4.39 Å². The van der Waals surface area contributed by atoms with E-state index in [2.05, 4.69) is 31.4 Å². The fraction of sp³-hybridized carbons (Fsp3) is 0.385. The Labute approximate surface area is 123 Å². The first-order valence-corrected chi connectivity index (χ1v) is 7.11. The van der Waals surface area contributed by atoms with Crippen molar-refractivity contribution in [3.05, 3.63) is 34.4 Å². The summed E-state index contributed by atoms with van der Waals surface area (Å²) >= 11 is 3.24. The van der Waals surface area contributed by atoms with Gasteiger partial charge in [0.05, 0.1) is 19.1 Å². The quantitative estimate of drug-likeness (QED) is 0.926. The van der Waals surface area contributed by atoms with Gasteiger partial charge in [-0.1, -0.05) is 21.1 Å². The molecule has 2 aromatic rings. The van der Waals surface area contributed by atoms with E-state index in [-0.39, 0.29) is 11.9 Å². The SMILES string of the molecule is Fc1cc(Br)cc(-c2noc(CC3CNCCO3)n2)c1. The molecule has 3 rings (SSSR count). The van der Waals surface area contributed by atoms with Crippen molar-refractivity contribution in [3.63, 3.8) is 0 Å². The molecule has 0 amide bonds. The van der Waals surface area contributed by atoms with Gasteiger partial charge < -0.3 is 14.6 Å². The minimum Gasteiger partial charge on any atom is -0.375 e. The van der Waals surface area contributed by atoms with Crippen LogP contribution in [0, 0.1) is 5.82 Å². The minimum atomic E-state index is -0.347. The summed E-state index contributed by atoms with van der Waals surface area (Å²) < 4.78 is 24.8. The first kappa shape index (κ1) is 13.7. The standard InChI is InChI=1S/C13H13BrFN3O2/c14-9-3-8(4-10(15)5-9)13-17-12(20-18-13)6-11-7-16-1-2-19-11/h3-5,11,16H,1-2,6-7H2. The Bertz CT molecular complexity index is 579. The van der Waals surface area contributed by atoms with Crippen LogP contribution in [0.1, 0.15) is 5.89 Å². The lowest BCUT2D eigenvalue weighted by Gasteiger charge is -2.21. The van der Waals surface area contributed by atoms with Crippen LogP contribution in [0.5, 0.6) is 0 Å². The first-order chi connectivity index (χ1) is 9.70.